The zero-order chi connectivity index (χ0) is 19.8. The summed E-state index contributed by atoms with van der Waals surface area (Å²) < 4.78 is 19.0. The van der Waals surface area contributed by atoms with Crippen LogP contribution in [0.5, 0.6) is 0 Å². The topological polar surface area (TPSA) is 66.7 Å². The van der Waals surface area contributed by atoms with Gasteiger partial charge in [-0.15, -0.1) is 0 Å². The standard InChI is InChI=1S/C21H24FN3O3/c1-13-18(11-23-28-13)21(27)25-8-7-14-9-16(10-15(14)12-25)24(2)20(26)17-5-3-4-6-19(17)22/h3-6,11,14-16H,7-10,12H2,1-2H3/t14-,15-,16+/m1/s1. The molecule has 7 heteroatoms. The first-order valence-corrected chi connectivity index (χ1v) is 9.68. The van der Waals surface area contributed by atoms with Crippen LogP contribution in [0.3, 0.4) is 0 Å². The van der Waals surface area contributed by atoms with Crippen LogP contribution in [0.25, 0.3) is 0 Å². The normalized spacial score (nSPS) is 24.1. The lowest BCUT2D eigenvalue weighted by Crippen LogP contribution is -2.42. The first-order valence-electron chi connectivity index (χ1n) is 9.68. The maximum absolute atomic E-state index is 14.0. The van der Waals surface area contributed by atoms with Crippen molar-refractivity contribution in [1.29, 1.82) is 0 Å². The molecule has 28 heavy (non-hydrogen) atoms. The van der Waals surface area contributed by atoms with E-state index in [1.54, 1.807) is 31.0 Å². The van der Waals surface area contributed by atoms with E-state index < -0.39 is 5.82 Å². The number of carbonyl (C=O) groups is 2. The van der Waals surface area contributed by atoms with Crippen LogP contribution in [0, 0.1) is 24.6 Å². The third-order valence-electron chi connectivity index (χ3n) is 6.28. The van der Waals surface area contributed by atoms with Gasteiger partial charge >= 0.3 is 0 Å². The third-order valence-corrected chi connectivity index (χ3v) is 6.28. The summed E-state index contributed by atoms with van der Waals surface area (Å²) in [6.45, 7) is 3.11. The Morgan fingerprint density at radius 2 is 1.96 bits per heavy atom. The van der Waals surface area contributed by atoms with Gasteiger partial charge in [-0.3, -0.25) is 9.59 Å². The van der Waals surface area contributed by atoms with E-state index in [4.69, 9.17) is 4.52 Å². The van der Waals surface area contributed by atoms with E-state index in [0.717, 1.165) is 19.3 Å². The van der Waals surface area contributed by atoms with Crippen molar-refractivity contribution >= 4 is 11.8 Å². The maximum Gasteiger partial charge on any atom is 0.259 e. The molecule has 1 saturated carbocycles. The fraction of sp³-hybridized carbons (Fsp3) is 0.476. The maximum atomic E-state index is 14.0. The summed E-state index contributed by atoms with van der Waals surface area (Å²) in [5.74, 6) is 0.542. The second-order valence-corrected chi connectivity index (χ2v) is 7.88. The van der Waals surface area contributed by atoms with Gasteiger partial charge in [0.05, 0.1) is 11.8 Å². The van der Waals surface area contributed by atoms with Gasteiger partial charge in [-0.25, -0.2) is 4.39 Å². The summed E-state index contributed by atoms with van der Waals surface area (Å²) in [6, 6.07) is 6.16. The van der Waals surface area contributed by atoms with Gasteiger partial charge in [-0.05, 0) is 50.2 Å². The van der Waals surface area contributed by atoms with Crippen molar-refractivity contribution < 1.29 is 18.5 Å². The molecule has 2 fully saturated rings. The number of halogens is 1. The number of likely N-dealkylation sites (tertiary alicyclic amines) is 1. The molecule has 0 unspecified atom stereocenters. The molecule has 3 atom stereocenters. The number of aryl methyl sites for hydroxylation is 1. The quantitative estimate of drug-likeness (QED) is 0.814. The van der Waals surface area contributed by atoms with Crippen molar-refractivity contribution in [2.45, 2.75) is 32.2 Å². The van der Waals surface area contributed by atoms with Crippen LogP contribution in [-0.2, 0) is 0 Å². The van der Waals surface area contributed by atoms with Gasteiger partial charge < -0.3 is 14.3 Å². The number of nitrogens with zero attached hydrogens (tertiary/aromatic N) is 3. The molecule has 1 aromatic carbocycles. The highest BCUT2D eigenvalue weighted by molar-refractivity contribution is 5.95. The van der Waals surface area contributed by atoms with Crippen LogP contribution in [0.4, 0.5) is 4.39 Å². The zero-order valence-corrected chi connectivity index (χ0v) is 16.1. The molecule has 2 aliphatic rings. The summed E-state index contributed by atoms with van der Waals surface area (Å²) in [6.07, 6.45) is 4.12. The number of amides is 2. The number of benzene rings is 1. The molecule has 2 amide bonds. The molecule has 2 heterocycles. The lowest BCUT2D eigenvalue weighted by atomic mass is 9.88. The molecule has 4 rings (SSSR count). The number of hydrogen-bond donors (Lipinski definition) is 0. The van der Waals surface area contributed by atoms with Crippen LogP contribution in [-0.4, -0.2) is 52.9 Å². The lowest BCUT2D eigenvalue weighted by Gasteiger charge is -2.34. The molecule has 148 valence electrons. The minimum Gasteiger partial charge on any atom is -0.361 e. The molecule has 0 bridgehead atoms. The van der Waals surface area contributed by atoms with E-state index in [2.05, 4.69) is 5.16 Å². The third kappa shape index (κ3) is 3.30. The minimum absolute atomic E-state index is 0.0450. The first-order chi connectivity index (χ1) is 13.5. The van der Waals surface area contributed by atoms with Crippen molar-refractivity contribution in [3.8, 4) is 0 Å². The second-order valence-electron chi connectivity index (χ2n) is 7.88. The largest absolute Gasteiger partial charge is 0.361 e. The van der Waals surface area contributed by atoms with Crippen molar-refractivity contribution in [2.75, 3.05) is 20.1 Å². The highest BCUT2D eigenvalue weighted by atomic mass is 19.1. The molecular weight excluding hydrogens is 361 g/mol. The highest BCUT2D eigenvalue weighted by Gasteiger charge is 2.42. The van der Waals surface area contributed by atoms with E-state index in [9.17, 15) is 14.0 Å². The smallest absolute Gasteiger partial charge is 0.259 e. The lowest BCUT2D eigenvalue weighted by molar-refractivity contribution is 0.0623. The van der Waals surface area contributed by atoms with E-state index >= 15 is 0 Å². The van der Waals surface area contributed by atoms with Gasteiger partial charge in [0.1, 0.15) is 17.1 Å². The predicted octanol–water partition coefficient (Wildman–Crippen LogP) is 3.14. The number of rotatable bonds is 3. The summed E-state index contributed by atoms with van der Waals surface area (Å²) in [5.41, 5.74) is 0.624. The Labute approximate surface area is 163 Å². The van der Waals surface area contributed by atoms with Crippen molar-refractivity contribution in [2.24, 2.45) is 11.8 Å². The Morgan fingerprint density at radius 3 is 2.68 bits per heavy atom. The predicted molar refractivity (Wildman–Crippen MR) is 100 cm³/mol. The van der Waals surface area contributed by atoms with E-state index in [-0.39, 0.29) is 23.4 Å². The summed E-state index contributed by atoms with van der Waals surface area (Å²) >= 11 is 0. The molecule has 0 N–H and O–H groups in total. The van der Waals surface area contributed by atoms with Crippen LogP contribution < -0.4 is 0 Å². The number of carbonyl (C=O) groups excluding carboxylic acids is 2. The fourth-order valence-corrected chi connectivity index (χ4v) is 4.62. The molecule has 1 aliphatic heterocycles. The molecule has 0 spiro atoms. The van der Waals surface area contributed by atoms with Gasteiger partial charge in [-0.1, -0.05) is 17.3 Å². The van der Waals surface area contributed by atoms with Gasteiger partial charge in [0.2, 0.25) is 0 Å². The van der Waals surface area contributed by atoms with E-state index in [1.165, 1.54) is 18.3 Å². The Kier molecular flexibility index (Phi) is 4.91. The van der Waals surface area contributed by atoms with Crippen LogP contribution in [0.15, 0.2) is 35.0 Å². The van der Waals surface area contributed by atoms with Crippen LogP contribution >= 0.6 is 0 Å². The number of piperidine rings is 1. The Balaban J connectivity index is 1.42. The molecule has 6 nitrogen and oxygen atoms in total. The molecular formula is C21H24FN3O3. The molecule has 1 aromatic heterocycles. The minimum atomic E-state index is -0.490. The van der Waals surface area contributed by atoms with E-state index in [1.807, 2.05) is 4.90 Å². The van der Waals surface area contributed by atoms with E-state index in [0.29, 0.717) is 36.2 Å². The second kappa shape index (κ2) is 7.37. The fourth-order valence-electron chi connectivity index (χ4n) is 4.62. The molecule has 0 radical (unpaired) electrons. The number of hydrogen-bond acceptors (Lipinski definition) is 4. The van der Waals surface area contributed by atoms with Gasteiger partial charge in [0.15, 0.2) is 0 Å². The Hall–Kier alpha value is -2.70. The average Bonchev–Trinajstić information content (AvgIpc) is 3.32. The molecule has 2 aromatic rings. The molecule has 1 aliphatic carbocycles. The summed E-state index contributed by atoms with van der Waals surface area (Å²) in [7, 11) is 1.75. The summed E-state index contributed by atoms with van der Waals surface area (Å²) in [5, 5.41) is 3.70. The monoisotopic (exact) mass is 385 g/mol. The zero-order valence-electron chi connectivity index (χ0n) is 16.1. The molecule has 1 saturated heterocycles. The van der Waals surface area contributed by atoms with Crippen LogP contribution in [0.1, 0.15) is 45.7 Å². The SMILES string of the molecule is Cc1oncc1C(=O)N1CC[C@@H]2C[C@H](N(C)C(=O)c3ccccc3F)C[C@@H]2C1. The Bertz CT molecular complexity index is 897. The highest BCUT2D eigenvalue weighted by Crippen LogP contribution is 2.40. The summed E-state index contributed by atoms with van der Waals surface area (Å²) in [4.78, 5) is 29.0. The van der Waals surface area contributed by atoms with Crippen molar-refractivity contribution in [1.82, 2.24) is 15.0 Å². The van der Waals surface area contributed by atoms with Gasteiger partial charge in [0.25, 0.3) is 11.8 Å². The van der Waals surface area contributed by atoms with Gasteiger partial charge in [0, 0.05) is 26.2 Å². The van der Waals surface area contributed by atoms with Crippen molar-refractivity contribution in [3.05, 3.63) is 53.2 Å². The Morgan fingerprint density at radius 1 is 1.21 bits per heavy atom. The average molecular weight is 385 g/mol. The number of fused-ring (bicyclic) bond motifs is 1. The van der Waals surface area contributed by atoms with Gasteiger partial charge in [-0.2, -0.15) is 0 Å². The first kappa shape index (κ1) is 18.7. The van der Waals surface area contributed by atoms with Crippen molar-refractivity contribution in [3.63, 3.8) is 0 Å². The number of aromatic nitrogens is 1. The van der Waals surface area contributed by atoms with Crippen LogP contribution in [0.2, 0.25) is 0 Å².